The minimum Gasteiger partial charge on any atom is -0.465 e. The van der Waals surface area contributed by atoms with Crippen LogP contribution in [0, 0.1) is 6.92 Å². The number of furan rings is 1. The highest BCUT2D eigenvalue weighted by atomic mass is 32.2. The number of amides is 2. The molecule has 0 aliphatic heterocycles. The van der Waals surface area contributed by atoms with Crippen LogP contribution < -0.4 is 10.6 Å². The van der Waals surface area contributed by atoms with Crippen LogP contribution in [0.2, 0.25) is 0 Å². The van der Waals surface area contributed by atoms with E-state index in [1.807, 2.05) is 66.2 Å². The van der Waals surface area contributed by atoms with Crippen molar-refractivity contribution in [2.75, 3.05) is 11.1 Å². The number of hydrogen-bond donors (Lipinski definition) is 2. The van der Waals surface area contributed by atoms with Crippen LogP contribution in [0.15, 0.2) is 82.6 Å². The summed E-state index contributed by atoms with van der Waals surface area (Å²) >= 11 is 1.35. The van der Waals surface area contributed by atoms with Crippen molar-refractivity contribution in [1.29, 1.82) is 0 Å². The van der Waals surface area contributed by atoms with E-state index in [1.165, 1.54) is 17.3 Å². The number of benzene rings is 2. The molecule has 0 saturated heterocycles. The molecular weight excluding hydrogens is 448 g/mol. The fourth-order valence-corrected chi connectivity index (χ4v) is 4.14. The van der Waals surface area contributed by atoms with E-state index in [1.54, 1.807) is 18.3 Å². The summed E-state index contributed by atoms with van der Waals surface area (Å²) in [5.74, 6) is 1.49. The van der Waals surface area contributed by atoms with Gasteiger partial charge in [-0.1, -0.05) is 30.8 Å². The van der Waals surface area contributed by atoms with E-state index in [4.69, 9.17) is 4.42 Å². The Labute approximate surface area is 202 Å². The van der Waals surface area contributed by atoms with Crippen LogP contribution in [0.3, 0.4) is 0 Å². The van der Waals surface area contributed by atoms with Crippen molar-refractivity contribution in [3.05, 3.63) is 95.7 Å². The Hall–Kier alpha value is -3.78. The van der Waals surface area contributed by atoms with Gasteiger partial charge in [-0.3, -0.25) is 14.2 Å². The maximum atomic E-state index is 12.4. The summed E-state index contributed by atoms with van der Waals surface area (Å²) in [7, 11) is 0. The molecule has 0 bridgehead atoms. The van der Waals surface area contributed by atoms with E-state index >= 15 is 0 Å². The van der Waals surface area contributed by atoms with Gasteiger partial charge in [-0.25, -0.2) is 4.98 Å². The first kappa shape index (κ1) is 23.4. The van der Waals surface area contributed by atoms with E-state index in [2.05, 4.69) is 22.5 Å². The van der Waals surface area contributed by atoms with Gasteiger partial charge in [0.15, 0.2) is 5.16 Å². The number of nitrogens with one attached hydrogen (secondary N) is 2. The molecule has 7 nitrogen and oxygen atoms in total. The molecule has 0 radical (unpaired) electrons. The fourth-order valence-electron chi connectivity index (χ4n) is 3.37. The third-order valence-corrected chi connectivity index (χ3v) is 6.18. The van der Waals surface area contributed by atoms with Gasteiger partial charge in [0.1, 0.15) is 11.5 Å². The van der Waals surface area contributed by atoms with Gasteiger partial charge in [0, 0.05) is 29.3 Å². The minimum absolute atomic E-state index is 0.0948. The highest BCUT2D eigenvalue weighted by Crippen LogP contribution is 2.21. The maximum Gasteiger partial charge on any atom is 0.251 e. The van der Waals surface area contributed by atoms with Gasteiger partial charge in [0.05, 0.1) is 12.3 Å². The zero-order valence-corrected chi connectivity index (χ0v) is 19.9. The Balaban J connectivity index is 1.33. The average molecular weight is 475 g/mol. The molecule has 0 saturated carbocycles. The van der Waals surface area contributed by atoms with Crippen molar-refractivity contribution >= 4 is 29.3 Å². The molecule has 2 heterocycles. The Morgan fingerprint density at radius 1 is 1.03 bits per heavy atom. The summed E-state index contributed by atoms with van der Waals surface area (Å²) in [5, 5.41) is 6.46. The summed E-state index contributed by atoms with van der Waals surface area (Å²) < 4.78 is 7.37. The molecule has 4 rings (SSSR count). The second-order valence-electron chi connectivity index (χ2n) is 7.71. The number of imidazole rings is 1. The third kappa shape index (κ3) is 5.96. The highest BCUT2D eigenvalue weighted by Gasteiger charge is 2.11. The van der Waals surface area contributed by atoms with E-state index in [9.17, 15) is 9.59 Å². The van der Waals surface area contributed by atoms with Crippen LogP contribution in [-0.4, -0.2) is 27.1 Å². The third-order valence-electron chi connectivity index (χ3n) is 5.21. The van der Waals surface area contributed by atoms with E-state index in [-0.39, 0.29) is 17.6 Å². The first-order chi connectivity index (χ1) is 16.5. The van der Waals surface area contributed by atoms with Crippen LogP contribution in [-0.2, 0) is 17.8 Å². The summed E-state index contributed by atoms with van der Waals surface area (Å²) in [6, 6.07) is 18.8. The second kappa shape index (κ2) is 10.9. The molecule has 0 aliphatic carbocycles. The quantitative estimate of drug-likeness (QED) is 0.333. The lowest BCUT2D eigenvalue weighted by Gasteiger charge is -2.09. The van der Waals surface area contributed by atoms with Crippen molar-refractivity contribution < 1.29 is 14.0 Å². The maximum absolute atomic E-state index is 12.4. The smallest absolute Gasteiger partial charge is 0.251 e. The molecule has 34 heavy (non-hydrogen) atoms. The van der Waals surface area contributed by atoms with E-state index < -0.39 is 0 Å². The lowest BCUT2D eigenvalue weighted by molar-refractivity contribution is -0.113. The van der Waals surface area contributed by atoms with Crippen molar-refractivity contribution in [2.45, 2.75) is 32.0 Å². The SMILES string of the molecule is CCc1ccc(NC(=O)CSc2nccn2-c2ccc(C(=O)NCc3ccc(C)o3)cc2)cc1. The molecule has 0 atom stereocenters. The van der Waals surface area contributed by atoms with Crippen LogP contribution in [0.1, 0.15) is 34.4 Å². The van der Waals surface area contributed by atoms with Gasteiger partial charge in [0.25, 0.3) is 5.91 Å². The van der Waals surface area contributed by atoms with Crippen LogP contribution in [0.25, 0.3) is 5.69 Å². The number of hydrogen-bond acceptors (Lipinski definition) is 5. The molecule has 8 heteroatoms. The fraction of sp³-hybridized carbons (Fsp3) is 0.192. The van der Waals surface area contributed by atoms with Crippen LogP contribution >= 0.6 is 11.8 Å². The lowest BCUT2D eigenvalue weighted by atomic mass is 10.1. The minimum atomic E-state index is -0.176. The summed E-state index contributed by atoms with van der Waals surface area (Å²) in [6.45, 7) is 4.30. The molecule has 0 aliphatic rings. The number of carbonyl (C=O) groups excluding carboxylic acids is 2. The molecule has 174 valence electrons. The molecular formula is C26H26N4O3S. The predicted octanol–water partition coefficient (Wildman–Crippen LogP) is 5.00. The molecule has 4 aromatic rings. The Morgan fingerprint density at radius 3 is 2.47 bits per heavy atom. The molecule has 2 aromatic carbocycles. The normalized spacial score (nSPS) is 10.8. The van der Waals surface area contributed by atoms with Gasteiger partial charge < -0.3 is 15.1 Å². The average Bonchev–Trinajstić information content (AvgIpc) is 3.50. The lowest BCUT2D eigenvalue weighted by Crippen LogP contribution is -2.22. The molecule has 0 spiro atoms. The number of carbonyl (C=O) groups is 2. The van der Waals surface area contributed by atoms with Gasteiger partial charge >= 0.3 is 0 Å². The van der Waals surface area contributed by atoms with Gasteiger partial charge in [0.2, 0.25) is 5.91 Å². The van der Waals surface area contributed by atoms with Crippen molar-refractivity contribution in [3.63, 3.8) is 0 Å². The number of nitrogens with zero attached hydrogens (tertiary/aromatic N) is 2. The van der Waals surface area contributed by atoms with Crippen LogP contribution in [0.4, 0.5) is 5.69 Å². The summed E-state index contributed by atoms with van der Waals surface area (Å²) in [6.07, 6.45) is 4.48. The van der Waals surface area contributed by atoms with Gasteiger partial charge in [-0.15, -0.1) is 0 Å². The standard InChI is InChI=1S/C26H26N4O3S/c1-3-19-5-9-21(10-6-19)29-24(31)17-34-26-27-14-15-30(26)22-11-7-20(8-12-22)25(32)28-16-23-13-4-18(2)33-23/h4-15H,3,16-17H2,1-2H3,(H,28,32)(H,29,31). The molecule has 2 N–H and O–H groups in total. The molecule has 0 fully saturated rings. The predicted molar refractivity (Wildman–Crippen MR) is 133 cm³/mol. The topological polar surface area (TPSA) is 89.2 Å². The first-order valence-electron chi connectivity index (χ1n) is 11.0. The number of aryl methyl sites for hydroxylation is 2. The Morgan fingerprint density at radius 2 is 1.79 bits per heavy atom. The number of anilines is 1. The summed E-state index contributed by atoms with van der Waals surface area (Å²) in [4.78, 5) is 29.2. The van der Waals surface area contributed by atoms with Crippen molar-refractivity contribution in [2.24, 2.45) is 0 Å². The molecule has 2 aromatic heterocycles. The van der Waals surface area contributed by atoms with Crippen LogP contribution in [0.5, 0.6) is 0 Å². The zero-order valence-electron chi connectivity index (χ0n) is 19.1. The monoisotopic (exact) mass is 474 g/mol. The molecule has 0 unspecified atom stereocenters. The van der Waals surface area contributed by atoms with Crippen molar-refractivity contribution in [3.8, 4) is 5.69 Å². The number of rotatable bonds is 9. The van der Waals surface area contributed by atoms with E-state index in [0.29, 0.717) is 23.0 Å². The zero-order chi connectivity index (χ0) is 23.9. The largest absolute Gasteiger partial charge is 0.465 e. The second-order valence-corrected chi connectivity index (χ2v) is 8.65. The van der Waals surface area contributed by atoms with Crippen molar-refractivity contribution in [1.82, 2.24) is 14.9 Å². The Bertz CT molecular complexity index is 1260. The van der Waals surface area contributed by atoms with Gasteiger partial charge in [-0.05, 0) is 67.4 Å². The van der Waals surface area contributed by atoms with E-state index in [0.717, 1.165) is 23.6 Å². The number of aromatic nitrogens is 2. The first-order valence-corrected chi connectivity index (χ1v) is 12.0. The highest BCUT2D eigenvalue weighted by molar-refractivity contribution is 7.99. The number of thioether (sulfide) groups is 1. The summed E-state index contributed by atoms with van der Waals surface area (Å²) in [5.41, 5.74) is 3.41. The Kier molecular flexibility index (Phi) is 7.49. The van der Waals surface area contributed by atoms with Gasteiger partial charge in [-0.2, -0.15) is 0 Å². The molecule has 2 amide bonds.